The molecule has 4 bridgehead atoms. The molecule has 0 unspecified atom stereocenters. The maximum absolute atomic E-state index is 14.7. The third-order valence-electron chi connectivity index (χ3n) is 11.7. The molecule has 3 amide bonds. The first kappa shape index (κ1) is 37.1. The first-order valence-corrected chi connectivity index (χ1v) is 20.5. The van der Waals surface area contributed by atoms with Gasteiger partial charge < -0.3 is 19.7 Å². The zero-order chi connectivity index (χ0) is 37.7. The second-order valence-corrected chi connectivity index (χ2v) is 18.6. The number of nitrogens with one attached hydrogen (secondary N) is 2. The van der Waals surface area contributed by atoms with Gasteiger partial charge in [-0.25, -0.2) is 13.4 Å². The van der Waals surface area contributed by atoms with Gasteiger partial charge in [0.15, 0.2) is 0 Å². The first-order valence-electron chi connectivity index (χ1n) is 18.9. The van der Waals surface area contributed by atoms with Crippen molar-refractivity contribution in [3.05, 3.63) is 54.8 Å². The highest BCUT2D eigenvalue weighted by Gasteiger charge is 2.62. The molecule has 2 aliphatic heterocycles. The predicted octanol–water partition coefficient (Wildman–Crippen LogP) is 4.82. The molecule has 3 heterocycles. The third kappa shape index (κ3) is 7.72. The average molecular weight is 747 g/mol. The molecule has 2 N–H and O–H groups in total. The van der Waals surface area contributed by atoms with Gasteiger partial charge in [-0.05, 0) is 79.4 Å². The summed E-state index contributed by atoms with van der Waals surface area (Å²) in [5.74, 6) is -3.07. The van der Waals surface area contributed by atoms with E-state index in [-0.39, 0.29) is 37.8 Å². The van der Waals surface area contributed by atoms with Crippen LogP contribution in [0.25, 0.3) is 16.8 Å². The van der Waals surface area contributed by atoms with Crippen LogP contribution in [0, 0.1) is 23.2 Å². The minimum absolute atomic E-state index is 0.0288. The van der Waals surface area contributed by atoms with Crippen molar-refractivity contribution in [3.8, 4) is 5.88 Å². The van der Waals surface area contributed by atoms with Gasteiger partial charge in [0.25, 0.3) is 5.91 Å². The number of allylic oxidation sites excluding steroid dienone is 1. The first-order chi connectivity index (χ1) is 25.2. The van der Waals surface area contributed by atoms with Crippen LogP contribution in [0.4, 0.5) is 0 Å². The number of sulfonamides is 1. The summed E-state index contributed by atoms with van der Waals surface area (Å²) in [5.41, 5.74) is -1.24. The Morgan fingerprint density at radius 2 is 1.85 bits per heavy atom. The van der Waals surface area contributed by atoms with Crippen LogP contribution in [-0.2, 0) is 33.9 Å². The Bertz CT molecular complexity index is 1950. The van der Waals surface area contributed by atoms with Crippen molar-refractivity contribution in [2.45, 2.75) is 114 Å². The van der Waals surface area contributed by atoms with E-state index in [1.165, 1.54) is 11.0 Å². The second-order valence-electron chi connectivity index (χ2n) is 16.6. The lowest BCUT2D eigenvalue weighted by atomic mass is 9.77. The van der Waals surface area contributed by atoms with E-state index in [2.05, 4.69) is 33.8 Å². The van der Waals surface area contributed by atoms with Crippen molar-refractivity contribution in [1.29, 1.82) is 0 Å². The third-order valence-corrected chi connectivity index (χ3v) is 13.5. The van der Waals surface area contributed by atoms with Crippen molar-refractivity contribution >= 4 is 50.6 Å². The van der Waals surface area contributed by atoms with Crippen LogP contribution in [0.15, 0.2) is 49.2 Å². The van der Waals surface area contributed by atoms with E-state index in [1.54, 1.807) is 6.20 Å². The van der Waals surface area contributed by atoms with E-state index in [1.807, 2.05) is 45.0 Å². The number of ether oxygens (including phenoxy) is 2. The Morgan fingerprint density at radius 3 is 2.57 bits per heavy atom. The number of benzene rings is 1. The van der Waals surface area contributed by atoms with E-state index in [4.69, 9.17) is 9.47 Å². The van der Waals surface area contributed by atoms with Crippen molar-refractivity contribution in [2.75, 3.05) is 6.54 Å². The SMILES string of the molecule is C=C[C@@H]1C[C@]1(NC(=O)[C@@H]1C[C@@H]2CN1C(=O)[C@H](C(C)(C)C)CC(=O)O[C@@H]1CCCC[C@H]1C/C=C/c1ccc3ccnc(c3c1)O2)C(=O)NS(=O)(=O)C1CC1. The largest absolute Gasteiger partial charge is 0.472 e. The second kappa shape index (κ2) is 14.2. The fourth-order valence-corrected chi connectivity index (χ4v) is 9.60. The van der Waals surface area contributed by atoms with Crippen LogP contribution >= 0.6 is 0 Å². The molecule has 13 heteroatoms. The van der Waals surface area contributed by atoms with E-state index in [9.17, 15) is 27.6 Å². The average Bonchev–Trinajstić information content (AvgIpc) is 4.04. The Balaban J connectivity index is 1.23. The summed E-state index contributed by atoms with van der Waals surface area (Å²) in [7, 11) is -3.88. The standard InChI is InChI=1S/C40H50N4O8S/c1-5-27-22-40(27,38(48)43-53(49,50)29-15-16-29)42-35(46)32-20-28-23-44(32)37(47)31(39(2,3)4)21-34(45)52-33-12-7-6-10-26(33)11-8-9-24-13-14-25-17-18-41-36(51-28)30(25)19-24/h5,8-9,13-14,17-19,26-29,31-33H,1,6-7,10-12,15-16,20-23H2,2-4H3,(H,42,46)(H,43,48)/b9-8+/t26-,27+,28+,31+,32-,33+,40+/m0/s1. The van der Waals surface area contributed by atoms with Gasteiger partial charge in [-0.2, -0.15) is 0 Å². The summed E-state index contributed by atoms with van der Waals surface area (Å²) in [6, 6.07) is 6.85. The molecule has 1 aromatic heterocycles. The molecular formula is C40H50N4O8S. The number of hydrogen-bond acceptors (Lipinski definition) is 9. The number of carbonyl (C=O) groups is 4. The molecule has 3 aliphatic carbocycles. The molecule has 5 aliphatic rings. The number of esters is 1. The molecule has 1 saturated heterocycles. The molecule has 7 rings (SSSR count). The van der Waals surface area contributed by atoms with Gasteiger partial charge in [-0.15, -0.1) is 6.58 Å². The van der Waals surface area contributed by atoms with Crippen LogP contribution in [-0.4, -0.2) is 77.6 Å². The molecule has 0 radical (unpaired) electrons. The summed E-state index contributed by atoms with van der Waals surface area (Å²) >= 11 is 0. The van der Waals surface area contributed by atoms with Crippen molar-refractivity contribution in [2.24, 2.45) is 23.2 Å². The maximum atomic E-state index is 14.7. The topological polar surface area (TPSA) is 161 Å². The summed E-state index contributed by atoms with van der Waals surface area (Å²) in [6.07, 6.45) is 12.0. The normalized spacial score (nSPS) is 31.3. The molecule has 2 aromatic rings. The zero-order valence-corrected chi connectivity index (χ0v) is 31.5. The number of pyridine rings is 1. The Labute approximate surface area is 311 Å². The van der Waals surface area contributed by atoms with Crippen LogP contribution in [0.5, 0.6) is 5.88 Å². The fraction of sp³-hybridized carbons (Fsp3) is 0.575. The summed E-state index contributed by atoms with van der Waals surface area (Å²) in [4.78, 5) is 62.2. The molecule has 0 spiro atoms. The van der Waals surface area contributed by atoms with Gasteiger partial charge in [-0.1, -0.05) is 57.6 Å². The zero-order valence-electron chi connectivity index (χ0n) is 30.7. The molecule has 12 nitrogen and oxygen atoms in total. The van der Waals surface area contributed by atoms with Gasteiger partial charge in [0.05, 0.1) is 24.1 Å². The van der Waals surface area contributed by atoms with Crippen LogP contribution in [0.3, 0.4) is 0 Å². The number of nitrogens with zero attached hydrogens (tertiary/aromatic N) is 2. The number of rotatable bonds is 6. The highest BCUT2D eigenvalue weighted by atomic mass is 32.2. The predicted molar refractivity (Wildman–Crippen MR) is 199 cm³/mol. The molecule has 284 valence electrons. The van der Waals surface area contributed by atoms with Gasteiger partial charge >= 0.3 is 5.97 Å². The molecule has 7 atom stereocenters. The number of fused-ring (bicyclic) bond motifs is 4. The van der Waals surface area contributed by atoms with Crippen molar-refractivity contribution < 1.29 is 37.1 Å². The van der Waals surface area contributed by atoms with Crippen molar-refractivity contribution in [3.63, 3.8) is 0 Å². The molecule has 4 fully saturated rings. The minimum atomic E-state index is -3.88. The molecule has 53 heavy (non-hydrogen) atoms. The summed E-state index contributed by atoms with van der Waals surface area (Å²) in [6.45, 7) is 9.49. The Hall–Kier alpha value is -4.26. The van der Waals surface area contributed by atoms with E-state index >= 15 is 0 Å². The lowest BCUT2D eigenvalue weighted by Crippen LogP contribution is -2.57. The lowest BCUT2D eigenvalue weighted by molar-refractivity contribution is -0.160. The van der Waals surface area contributed by atoms with Crippen LogP contribution in [0.1, 0.15) is 90.5 Å². The van der Waals surface area contributed by atoms with Crippen LogP contribution < -0.4 is 14.8 Å². The minimum Gasteiger partial charge on any atom is -0.472 e. The smallest absolute Gasteiger partial charge is 0.306 e. The molecule has 3 saturated carbocycles. The molecule has 1 aromatic carbocycles. The quantitative estimate of drug-likeness (QED) is 0.312. The Morgan fingerprint density at radius 1 is 1.08 bits per heavy atom. The van der Waals surface area contributed by atoms with Crippen LogP contribution in [0.2, 0.25) is 0 Å². The highest BCUT2D eigenvalue weighted by molar-refractivity contribution is 7.91. The Kier molecular flexibility index (Phi) is 9.92. The summed E-state index contributed by atoms with van der Waals surface area (Å²) in [5, 5.41) is 3.93. The summed E-state index contributed by atoms with van der Waals surface area (Å²) < 4.78 is 40.3. The molecular weight excluding hydrogens is 697 g/mol. The number of amides is 3. The number of hydrogen-bond donors (Lipinski definition) is 2. The van der Waals surface area contributed by atoms with Gasteiger partial charge in [0, 0.05) is 23.9 Å². The van der Waals surface area contributed by atoms with Gasteiger partial charge in [0.1, 0.15) is 23.8 Å². The maximum Gasteiger partial charge on any atom is 0.306 e. The van der Waals surface area contributed by atoms with Crippen molar-refractivity contribution in [1.82, 2.24) is 19.9 Å². The highest BCUT2D eigenvalue weighted by Crippen LogP contribution is 2.46. The fourth-order valence-electron chi connectivity index (χ4n) is 8.23. The monoisotopic (exact) mass is 746 g/mol. The van der Waals surface area contributed by atoms with E-state index < -0.39 is 73.9 Å². The van der Waals surface area contributed by atoms with E-state index in [0.29, 0.717) is 18.7 Å². The van der Waals surface area contributed by atoms with Gasteiger partial charge in [-0.3, -0.25) is 23.9 Å². The van der Waals surface area contributed by atoms with Gasteiger partial charge in [0.2, 0.25) is 27.7 Å². The lowest BCUT2D eigenvalue weighted by Gasteiger charge is -2.36. The number of aromatic nitrogens is 1. The van der Waals surface area contributed by atoms with E-state index in [0.717, 1.165) is 48.4 Å². The number of carbonyl (C=O) groups excluding carboxylic acids is 4.